The number of nitrogens with two attached hydrogens (primary N) is 1. The van der Waals surface area contributed by atoms with Gasteiger partial charge in [-0.15, -0.1) is 0 Å². The van der Waals surface area contributed by atoms with Crippen molar-refractivity contribution in [3.63, 3.8) is 0 Å². The van der Waals surface area contributed by atoms with Gasteiger partial charge in [0.15, 0.2) is 0 Å². The second-order valence-electron chi connectivity index (χ2n) is 5.70. The molecule has 1 unspecified atom stereocenters. The Morgan fingerprint density at radius 2 is 2.20 bits per heavy atom. The predicted octanol–water partition coefficient (Wildman–Crippen LogP) is 2.27. The summed E-state index contributed by atoms with van der Waals surface area (Å²) in [6.45, 7) is 2.07. The Kier molecular flexibility index (Phi) is 3.98. The first-order valence-corrected chi connectivity index (χ1v) is 8.04. The largest absolute Gasteiger partial charge is 0.366 e. The summed E-state index contributed by atoms with van der Waals surface area (Å²) in [5, 5.41) is 3.53. The summed E-state index contributed by atoms with van der Waals surface area (Å²) in [6, 6.07) is 6.92. The Hall–Kier alpha value is -1.07. The molecule has 108 valence electrons. The van der Waals surface area contributed by atoms with Crippen LogP contribution in [0.1, 0.15) is 36.0 Å². The molecule has 3 rings (SSSR count). The number of halogens is 1. The van der Waals surface area contributed by atoms with Crippen molar-refractivity contribution in [1.29, 1.82) is 0 Å². The van der Waals surface area contributed by atoms with Gasteiger partial charge >= 0.3 is 0 Å². The highest BCUT2D eigenvalue weighted by molar-refractivity contribution is 9.10. The smallest absolute Gasteiger partial charge is 0.250 e. The van der Waals surface area contributed by atoms with Crippen LogP contribution < -0.4 is 16.0 Å². The fraction of sp³-hybridized carbons (Fsp3) is 0.533. The minimum Gasteiger partial charge on any atom is -0.366 e. The van der Waals surface area contributed by atoms with Crippen LogP contribution in [0.25, 0.3) is 0 Å². The third-order valence-electron chi connectivity index (χ3n) is 4.10. The maximum absolute atomic E-state index is 11.7. The van der Waals surface area contributed by atoms with Crippen molar-refractivity contribution in [3.05, 3.63) is 28.2 Å². The van der Waals surface area contributed by atoms with Crippen LogP contribution >= 0.6 is 15.9 Å². The third-order valence-corrected chi connectivity index (χ3v) is 4.59. The number of benzene rings is 1. The highest BCUT2D eigenvalue weighted by atomic mass is 79.9. The molecule has 1 heterocycles. The number of hydrogen-bond donors (Lipinski definition) is 2. The van der Waals surface area contributed by atoms with Gasteiger partial charge in [0.25, 0.3) is 5.91 Å². The van der Waals surface area contributed by atoms with E-state index in [1.54, 1.807) is 0 Å². The van der Waals surface area contributed by atoms with Crippen molar-refractivity contribution in [3.8, 4) is 0 Å². The molecule has 2 aliphatic rings. The summed E-state index contributed by atoms with van der Waals surface area (Å²) in [6.07, 6.45) is 4.87. The number of nitrogens with zero attached hydrogens (tertiary/aromatic N) is 1. The molecule has 3 N–H and O–H groups in total. The lowest BCUT2D eigenvalue weighted by Gasteiger charge is -2.29. The van der Waals surface area contributed by atoms with E-state index in [0.29, 0.717) is 17.6 Å². The van der Waals surface area contributed by atoms with Crippen LogP contribution in [0, 0.1) is 0 Å². The normalized spacial score (nSPS) is 21.9. The van der Waals surface area contributed by atoms with Crippen molar-refractivity contribution in [2.45, 2.75) is 37.8 Å². The number of hydrogen-bond acceptors (Lipinski definition) is 3. The molecule has 1 aliphatic carbocycles. The molecular formula is C15H20BrN3O. The van der Waals surface area contributed by atoms with Gasteiger partial charge < -0.3 is 16.0 Å². The van der Waals surface area contributed by atoms with Gasteiger partial charge in [0.2, 0.25) is 0 Å². The van der Waals surface area contributed by atoms with E-state index in [0.717, 1.165) is 23.2 Å². The molecule has 5 heteroatoms. The van der Waals surface area contributed by atoms with E-state index in [9.17, 15) is 4.79 Å². The van der Waals surface area contributed by atoms with E-state index >= 15 is 0 Å². The zero-order valence-electron chi connectivity index (χ0n) is 11.4. The van der Waals surface area contributed by atoms with Crippen LogP contribution in [-0.2, 0) is 0 Å². The van der Waals surface area contributed by atoms with Gasteiger partial charge in [-0.05, 0) is 50.4 Å². The predicted molar refractivity (Wildman–Crippen MR) is 84.1 cm³/mol. The number of amides is 1. The minimum atomic E-state index is -0.355. The van der Waals surface area contributed by atoms with Gasteiger partial charge in [0.05, 0.1) is 5.56 Å². The highest BCUT2D eigenvalue weighted by Gasteiger charge is 2.33. The molecule has 0 spiro atoms. The number of carbonyl (C=O) groups is 1. The van der Waals surface area contributed by atoms with Crippen molar-refractivity contribution < 1.29 is 4.79 Å². The Labute approximate surface area is 127 Å². The van der Waals surface area contributed by atoms with Gasteiger partial charge in [-0.3, -0.25) is 4.79 Å². The first kappa shape index (κ1) is 13.9. The average Bonchev–Trinajstić information content (AvgIpc) is 3.13. The lowest BCUT2D eigenvalue weighted by molar-refractivity contribution is 0.100. The molecule has 20 heavy (non-hydrogen) atoms. The van der Waals surface area contributed by atoms with E-state index in [1.165, 1.54) is 25.7 Å². The molecule has 1 aliphatic heterocycles. The van der Waals surface area contributed by atoms with E-state index in [-0.39, 0.29) is 5.91 Å². The summed E-state index contributed by atoms with van der Waals surface area (Å²) in [5.41, 5.74) is 7.15. The third kappa shape index (κ3) is 2.99. The van der Waals surface area contributed by atoms with Crippen LogP contribution in [0.4, 0.5) is 5.69 Å². The fourth-order valence-electron chi connectivity index (χ4n) is 2.94. The summed E-state index contributed by atoms with van der Waals surface area (Å²) in [4.78, 5) is 14.1. The molecule has 1 amide bonds. The van der Waals surface area contributed by atoms with Crippen LogP contribution in [-0.4, -0.2) is 31.1 Å². The second kappa shape index (κ2) is 5.74. The minimum absolute atomic E-state index is 0.355. The van der Waals surface area contributed by atoms with Crippen LogP contribution in [0.5, 0.6) is 0 Å². The molecule has 1 aromatic rings. The quantitative estimate of drug-likeness (QED) is 0.866. The van der Waals surface area contributed by atoms with Crippen molar-refractivity contribution >= 4 is 27.5 Å². The Morgan fingerprint density at radius 3 is 2.80 bits per heavy atom. The second-order valence-corrected chi connectivity index (χ2v) is 6.62. The first-order chi connectivity index (χ1) is 9.65. The summed E-state index contributed by atoms with van der Waals surface area (Å²) >= 11 is 3.42. The zero-order valence-corrected chi connectivity index (χ0v) is 13.0. The monoisotopic (exact) mass is 337 g/mol. The Balaban J connectivity index is 1.88. The Morgan fingerprint density at radius 1 is 1.40 bits per heavy atom. The van der Waals surface area contributed by atoms with E-state index < -0.39 is 0 Å². The van der Waals surface area contributed by atoms with Gasteiger partial charge in [0.1, 0.15) is 0 Å². The average molecular weight is 338 g/mol. The lowest BCUT2D eigenvalue weighted by Crippen LogP contribution is -2.39. The highest BCUT2D eigenvalue weighted by Crippen LogP contribution is 2.35. The summed E-state index contributed by atoms with van der Waals surface area (Å²) < 4.78 is 0.893. The topological polar surface area (TPSA) is 58.4 Å². The first-order valence-electron chi connectivity index (χ1n) is 7.24. The number of primary amides is 1. The van der Waals surface area contributed by atoms with E-state index in [1.807, 2.05) is 18.2 Å². The van der Waals surface area contributed by atoms with Crippen molar-refractivity contribution in [2.75, 3.05) is 18.0 Å². The van der Waals surface area contributed by atoms with E-state index in [4.69, 9.17) is 5.73 Å². The zero-order chi connectivity index (χ0) is 14.1. The standard InChI is InChI=1S/C15H20BrN3O/c16-10-3-6-14(13(8-10)15(17)20)19(12-4-5-12)9-11-2-1-7-18-11/h3,6,8,11-12,18H,1-2,4-5,7,9H2,(H2,17,20). The summed E-state index contributed by atoms with van der Waals surface area (Å²) in [7, 11) is 0. The van der Waals surface area contributed by atoms with Gasteiger partial charge in [0, 0.05) is 28.8 Å². The molecule has 1 atom stereocenters. The van der Waals surface area contributed by atoms with Crippen molar-refractivity contribution in [1.82, 2.24) is 5.32 Å². The maximum atomic E-state index is 11.7. The summed E-state index contributed by atoms with van der Waals surface area (Å²) in [5.74, 6) is -0.355. The molecule has 1 saturated heterocycles. The van der Waals surface area contributed by atoms with Crippen LogP contribution in [0.15, 0.2) is 22.7 Å². The molecule has 2 fully saturated rings. The molecule has 0 radical (unpaired) electrons. The lowest BCUT2D eigenvalue weighted by atomic mass is 10.1. The van der Waals surface area contributed by atoms with E-state index in [2.05, 4.69) is 26.1 Å². The molecule has 4 nitrogen and oxygen atoms in total. The SMILES string of the molecule is NC(=O)c1cc(Br)ccc1N(CC1CCCN1)C1CC1. The van der Waals surface area contributed by atoms with Crippen LogP contribution in [0.2, 0.25) is 0 Å². The van der Waals surface area contributed by atoms with Crippen molar-refractivity contribution in [2.24, 2.45) is 5.73 Å². The molecule has 0 aromatic heterocycles. The Bertz CT molecular complexity index is 510. The number of rotatable bonds is 5. The number of nitrogens with one attached hydrogen (secondary N) is 1. The molecule has 1 aromatic carbocycles. The molecular weight excluding hydrogens is 318 g/mol. The number of anilines is 1. The van der Waals surface area contributed by atoms with Gasteiger partial charge in [-0.2, -0.15) is 0 Å². The maximum Gasteiger partial charge on any atom is 0.250 e. The van der Waals surface area contributed by atoms with Gasteiger partial charge in [-0.25, -0.2) is 0 Å². The van der Waals surface area contributed by atoms with Gasteiger partial charge in [-0.1, -0.05) is 15.9 Å². The fourth-order valence-corrected chi connectivity index (χ4v) is 3.30. The van der Waals surface area contributed by atoms with Crippen LogP contribution in [0.3, 0.4) is 0 Å². The molecule has 1 saturated carbocycles. The number of carbonyl (C=O) groups excluding carboxylic acids is 1. The molecule has 0 bridgehead atoms.